The average molecular weight is 464 g/mol. The van der Waals surface area contributed by atoms with Gasteiger partial charge in [-0.3, -0.25) is 4.79 Å². The van der Waals surface area contributed by atoms with E-state index in [2.05, 4.69) is 0 Å². The summed E-state index contributed by atoms with van der Waals surface area (Å²) in [5, 5.41) is 19.9. The molecular formula is C26H15F3O5. The van der Waals surface area contributed by atoms with Gasteiger partial charge in [0.15, 0.2) is 5.43 Å². The number of benzene rings is 3. The third kappa shape index (κ3) is 3.35. The third-order valence-corrected chi connectivity index (χ3v) is 5.84. The Morgan fingerprint density at radius 3 is 2.38 bits per heavy atom. The van der Waals surface area contributed by atoms with Crippen LogP contribution in [0.2, 0.25) is 0 Å². The predicted octanol–water partition coefficient (Wildman–Crippen LogP) is 5.64. The van der Waals surface area contributed by atoms with Crippen molar-refractivity contribution in [2.24, 2.45) is 0 Å². The highest BCUT2D eigenvalue weighted by atomic mass is 19.4. The summed E-state index contributed by atoms with van der Waals surface area (Å²) in [6.07, 6.45) is -3.89. The second kappa shape index (κ2) is 7.62. The number of hydrogen-bond donors (Lipinski definition) is 2. The summed E-state index contributed by atoms with van der Waals surface area (Å²) in [4.78, 5) is 25.6. The van der Waals surface area contributed by atoms with E-state index in [9.17, 15) is 33.0 Å². The molecule has 0 spiro atoms. The molecule has 0 radical (unpaired) electrons. The molecular weight excluding hydrogens is 449 g/mol. The van der Waals surface area contributed by atoms with Crippen LogP contribution in [0.4, 0.5) is 13.2 Å². The van der Waals surface area contributed by atoms with Crippen molar-refractivity contribution in [1.29, 1.82) is 0 Å². The molecule has 0 saturated heterocycles. The molecule has 1 aliphatic rings. The predicted molar refractivity (Wildman–Crippen MR) is 118 cm³/mol. The topological polar surface area (TPSA) is 87.7 Å². The summed E-state index contributed by atoms with van der Waals surface area (Å²) in [5.74, 6) is -2.79. The summed E-state index contributed by atoms with van der Waals surface area (Å²) < 4.78 is 48.1. The molecule has 5 rings (SSSR count). The molecule has 0 fully saturated rings. The van der Waals surface area contributed by atoms with Crippen molar-refractivity contribution in [2.45, 2.75) is 12.1 Å². The first-order chi connectivity index (χ1) is 16.2. The second-order valence-corrected chi connectivity index (χ2v) is 7.86. The molecule has 1 atom stereocenters. The van der Waals surface area contributed by atoms with Crippen molar-refractivity contribution in [3.63, 3.8) is 0 Å². The fourth-order valence-electron chi connectivity index (χ4n) is 4.41. The Morgan fingerprint density at radius 1 is 0.971 bits per heavy atom. The first-order valence-corrected chi connectivity index (χ1v) is 10.2. The van der Waals surface area contributed by atoms with Gasteiger partial charge >= 0.3 is 12.1 Å². The molecule has 3 aromatic carbocycles. The minimum absolute atomic E-state index is 0.00822. The van der Waals surface area contributed by atoms with E-state index in [1.54, 1.807) is 30.3 Å². The second-order valence-electron chi connectivity index (χ2n) is 7.86. The van der Waals surface area contributed by atoms with Gasteiger partial charge in [0.1, 0.15) is 17.1 Å². The van der Waals surface area contributed by atoms with Crippen LogP contribution in [0.3, 0.4) is 0 Å². The van der Waals surface area contributed by atoms with Crippen LogP contribution >= 0.6 is 0 Å². The number of phenolic OH excluding ortho intramolecular Hbond substituents is 1. The van der Waals surface area contributed by atoms with E-state index in [1.165, 1.54) is 30.3 Å². The molecule has 0 bridgehead atoms. The monoisotopic (exact) mass is 464 g/mol. The van der Waals surface area contributed by atoms with Gasteiger partial charge in [-0.2, -0.15) is 13.2 Å². The molecule has 1 heterocycles. The number of alkyl halides is 3. The minimum Gasteiger partial charge on any atom is -0.508 e. The summed E-state index contributed by atoms with van der Waals surface area (Å²) in [7, 11) is 0. The number of halogens is 3. The van der Waals surface area contributed by atoms with Gasteiger partial charge in [-0.25, -0.2) is 4.79 Å². The van der Waals surface area contributed by atoms with Gasteiger partial charge in [0.05, 0.1) is 28.0 Å². The van der Waals surface area contributed by atoms with Crippen molar-refractivity contribution in [3.8, 4) is 5.75 Å². The molecule has 34 heavy (non-hydrogen) atoms. The highest BCUT2D eigenvalue weighted by Crippen LogP contribution is 2.46. The van der Waals surface area contributed by atoms with E-state index in [-0.39, 0.29) is 33.6 Å². The largest absolute Gasteiger partial charge is 0.508 e. The summed E-state index contributed by atoms with van der Waals surface area (Å²) >= 11 is 0. The maximum absolute atomic E-state index is 14.0. The number of rotatable bonds is 2. The summed E-state index contributed by atoms with van der Waals surface area (Å²) in [6.45, 7) is 0. The number of hydrogen-bond acceptors (Lipinski definition) is 4. The van der Waals surface area contributed by atoms with Crippen molar-refractivity contribution >= 4 is 28.6 Å². The van der Waals surface area contributed by atoms with Gasteiger partial charge < -0.3 is 14.6 Å². The molecule has 4 aromatic rings. The lowest BCUT2D eigenvalue weighted by molar-refractivity contribution is -0.137. The van der Waals surface area contributed by atoms with Crippen molar-refractivity contribution in [1.82, 2.24) is 0 Å². The standard InChI is InChI=1S/C26H15F3O5/c27-26(28,29)19-8-4-7-16-21(13-5-2-1-3-6-13)24-18(12-17(22(16)19)25(32)33)23(31)15-10-9-14(30)11-20(15)34-24/h1-12,21,30H,(H,32,33). The van der Waals surface area contributed by atoms with Crippen LogP contribution in [0.5, 0.6) is 5.75 Å². The van der Waals surface area contributed by atoms with E-state index >= 15 is 0 Å². The van der Waals surface area contributed by atoms with Crippen LogP contribution < -0.4 is 5.43 Å². The number of carboxylic acids is 1. The molecule has 1 aliphatic carbocycles. The molecule has 0 saturated carbocycles. The van der Waals surface area contributed by atoms with Gasteiger partial charge in [0.2, 0.25) is 0 Å². The lowest BCUT2D eigenvalue weighted by atomic mass is 9.83. The van der Waals surface area contributed by atoms with Gasteiger partial charge in [0.25, 0.3) is 0 Å². The molecule has 0 amide bonds. The first kappa shape index (κ1) is 21.5. The Labute approximate surface area is 190 Å². The van der Waals surface area contributed by atoms with Gasteiger partial charge in [0, 0.05) is 11.6 Å². The molecule has 1 aromatic heterocycles. The van der Waals surface area contributed by atoms with Crippen LogP contribution in [0.15, 0.2) is 75.9 Å². The van der Waals surface area contributed by atoms with Crippen LogP contribution in [0.1, 0.15) is 39.5 Å². The Hall–Kier alpha value is -4.33. The Balaban J connectivity index is 2.00. The van der Waals surface area contributed by atoms with E-state index in [0.29, 0.717) is 5.56 Å². The van der Waals surface area contributed by atoms with Crippen LogP contribution in [0.25, 0.3) is 22.6 Å². The fourth-order valence-corrected chi connectivity index (χ4v) is 4.41. The van der Waals surface area contributed by atoms with Gasteiger partial charge in [-0.1, -0.05) is 42.5 Å². The first-order valence-electron chi connectivity index (χ1n) is 10.2. The normalized spacial score (nSPS) is 15.3. The quantitative estimate of drug-likeness (QED) is 0.401. The number of fused-ring (bicyclic) bond motifs is 3. The third-order valence-electron chi connectivity index (χ3n) is 5.84. The zero-order valence-corrected chi connectivity index (χ0v) is 17.3. The molecule has 8 heteroatoms. The highest BCUT2D eigenvalue weighted by molar-refractivity contribution is 6.22. The maximum atomic E-state index is 14.0. The molecule has 1 unspecified atom stereocenters. The fraction of sp³-hybridized carbons (Fsp3) is 0.0769. The number of phenols is 1. The molecule has 5 nitrogen and oxygen atoms in total. The van der Waals surface area contributed by atoms with E-state index in [4.69, 9.17) is 4.42 Å². The Morgan fingerprint density at radius 2 is 1.71 bits per heavy atom. The van der Waals surface area contributed by atoms with Crippen LogP contribution in [0, 0.1) is 0 Å². The van der Waals surface area contributed by atoms with Gasteiger partial charge in [-0.05, 0) is 35.4 Å². The summed E-state index contributed by atoms with van der Waals surface area (Å²) in [6, 6.07) is 15.7. The lowest BCUT2D eigenvalue weighted by Crippen LogP contribution is -2.16. The SMILES string of the molecule is O=C(O)C1=Cc2c(oc3cc(O)ccc3c2=O)C(c2ccccc2)c2cccc(C(F)(F)F)c21. The number of carbonyl (C=O) groups is 1. The highest BCUT2D eigenvalue weighted by Gasteiger charge is 2.40. The zero-order valence-electron chi connectivity index (χ0n) is 17.3. The Kier molecular flexibility index (Phi) is 4.82. The molecule has 2 N–H and O–H groups in total. The van der Waals surface area contributed by atoms with Crippen molar-refractivity contribution in [3.05, 3.63) is 111 Å². The van der Waals surface area contributed by atoms with Crippen molar-refractivity contribution in [2.75, 3.05) is 0 Å². The smallest absolute Gasteiger partial charge is 0.417 e. The summed E-state index contributed by atoms with van der Waals surface area (Å²) in [5.41, 5.74) is -2.50. The van der Waals surface area contributed by atoms with E-state index < -0.39 is 40.2 Å². The van der Waals surface area contributed by atoms with Crippen LogP contribution in [-0.2, 0) is 11.0 Å². The molecule has 170 valence electrons. The van der Waals surface area contributed by atoms with E-state index in [0.717, 1.165) is 12.1 Å². The van der Waals surface area contributed by atoms with Gasteiger partial charge in [-0.15, -0.1) is 0 Å². The average Bonchev–Trinajstić information content (AvgIpc) is 2.93. The maximum Gasteiger partial charge on any atom is 0.417 e. The van der Waals surface area contributed by atoms with Crippen molar-refractivity contribution < 1.29 is 32.6 Å². The zero-order chi connectivity index (χ0) is 24.2. The van der Waals surface area contributed by atoms with Crippen LogP contribution in [-0.4, -0.2) is 16.2 Å². The van der Waals surface area contributed by atoms with E-state index in [1.807, 2.05) is 0 Å². The number of aromatic hydroxyl groups is 1. The lowest BCUT2D eigenvalue weighted by Gasteiger charge is -2.22. The molecule has 0 aliphatic heterocycles. The number of aliphatic carboxylic acids is 1. The minimum atomic E-state index is -4.84. The Bertz CT molecular complexity index is 1550. The number of carboxylic acid groups (broad SMARTS) is 1.